The molecule has 0 atom stereocenters. The molecule has 0 unspecified atom stereocenters. The third-order valence-electron chi connectivity index (χ3n) is 2.99. The molecule has 0 fully saturated rings. The van der Waals surface area contributed by atoms with E-state index in [1.54, 1.807) is 6.21 Å². The Balaban J connectivity index is 1.90. The van der Waals surface area contributed by atoms with Crippen LogP contribution < -0.4 is 0 Å². The Morgan fingerprint density at radius 1 is 1.26 bits per heavy atom. The molecule has 0 spiro atoms. The quantitative estimate of drug-likeness (QED) is 0.525. The summed E-state index contributed by atoms with van der Waals surface area (Å²) in [5, 5.41) is 18.3. The van der Waals surface area contributed by atoms with Crippen LogP contribution in [-0.2, 0) is 0 Å². The number of rotatable bonds is 4. The molecule has 0 aliphatic rings. The summed E-state index contributed by atoms with van der Waals surface area (Å²) in [6.45, 7) is 1.92. The monoisotopic (exact) mass is 388 g/mol. The lowest BCUT2D eigenvalue weighted by atomic mass is 10.2. The van der Waals surface area contributed by atoms with E-state index < -0.39 is 0 Å². The highest BCUT2D eigenvalue weighted by Crippen LogP contribution is 2.16. The average molecular weight is 389 g/mol. The van der Waals surface area contributed by atoms with E-state index in [9.17, 15) is 0 Å². The number of hydrogen-bond donors (Lipinski definition) is 2. The van der Waals surface area contributed by atoms with E-state index in [0.717, 1.165) is 15.7 Å². The molecule has 0 aliphatic heterocycles. The van der Waals surface area contributed by atoms with Gasteiger partial charge in [-0.2, -0.15) is 20.0 Å². The van der Waals surface area contributed by atoms with Gasteiger partial charge in [0.1, 0.15) is 5.69 Å². The van der Waals surface area contributed by atoms with Gasteiger partial charge < -0.3 is 0 Å². The second kappa shape index (κ2) is 6.84. The van der Waals surface area contributed by atoms with Crippen molar-refractivity contribution >= 4 is 40.4 Å². The number of aromatic amines is 2. The van der Waals surface area contributed by atoms with E-state index in [2.05, 4.69) is 41.4 Å². The Kier molecular flexibility index (Phi) is 4.63. The van der Waals surface area contributed by atoms with Crippen LogP contribution in [0.5, 0.6) is 0 Å². The number of nitrogens with zero attached hydrogens (tertiary/aromatic N) is 4. The number of aryl methyl sites for hydroxylation is 1. The van der Waals surface area contributed by atoms with Crippen molar-refractivity contribution in [2.75, 3.05) is 0 Å². The first kappa shape index (κ1) is 15.6. The molecule has 116 valence electrons. The molecule has 0 saturated carbocycles. The third kappa shape index (κ3) is 3.72. The van der Waals surface area contributed by atoms with E-state index in [1.165, 1.54) is 4.68 Å². The lowest BCUT2D eigenvalue weighted by molar-refractivity contribution is 0.866. The van der Waals surface area contributed by atoms with Crippen LogP contribution in [0.15, 0.2) is 46.0 Å². The normalized spacial score (nSPS) is 12.2. The summed E-state index contributed by atoms with van der Waals surface area (Å²) < 4.78 is 2.75. The van der Waals surface area contributed by atoms with Crippen LogP contribution in [0.2, 0.25) is 0 Å². The lowest BCUT2D eigenvalue weighted by Gasteiger charge is -1.97. The van der Waals surface area contributed by atoms with Gasteiger partial charge in [0.15, 0.2) is 0 Å². The summed E-state index contributed by atoms with van der Waals surface area (Å²) in [7, 11) is 0. The van der Waals surface area contributed by atoms with Crippen LogP contribution in [0.25, 0.3) is 17.6 Å². The van der Waals surface area contributed by atoms with Gasteiger partial charge >= 0.3 is 0 Å². The average Bonchev–Trinajstić information content (AvgIpc) is 3.12. The first-order valence-corrected chi connectivity index (χ1v) is 8.00. The summed E-state index contributed by atoms with van der Waals surface area (Å²) in [4.78, 5) is 0. The van der Waals surface area contributed by atoms with Crippen molar-refractivity contribution in [3.63, 3.8) is 0 Å². The van der Waals surface area contributed by atoms with Crippen molar-refractivity contribution in [1.82, 2.24) is 25.1 Å². The van der Waals surface area contributed by atoms with Gasteiger partial charge in [0.25, 0.3) is 0 Å². The molecule has 2 N–H and O–H groups in total. The van der Waals surface area contributed by atoms with E-state index in [-0.39, 0.29) is 0 Å². The van der Waals surface area contributed by atoms with Crippen LogP contribution >= 0.6 is 28.1 Å². The minimum atomic E-state index is 0.400. The van der Waals surface area contributed by atoms with Gasteiger partial charge in [-0.15, -0.1) is 0 Å². The smallest absolute Gasteiger partial charge is 0.216 e. The topological polar surface area (TPSA) is 74.7 Å². The Hall–Kier alpha value is -2.32. The molecule has 0 radical (unpaired) electrons. The lowest BCUT2D eigenvalue weighted by Crippen LogP contribution is -1.94. The highest BCUT2D eigenvalue weighted by Gasteiger charge is 2.10. The second-order valence-electron chi connectivity index (χ2n) is 4.78. The Morgan fingerprint density at radius 2 is 2.04 bits per heavy atom. The van der Waals surface area contributed by atoms with Gasteiger partial charge in [0.05, 0.1) is 6.21 Å². The summed E-state index contributed by atoms with van der Waals surface area (Å²) >= 11 is 8.70. The molecule has 2 heterocycles. The second-order valence-corrected chi connectivity index (χ2v) is 6.09. The minimum Gasteiger partial charge on any atom is -0.282 e. The van der Waals surface area contributed by atoms with Crippen LogP contribution in [0, 0.1) is 11.7 Å². The Labute approximate surface area is 146 Å². The summed E-state index contributed by atoms with van der Waals surface area (Å²) in [6, 6.07) is 11.8. The third-order valence-corrected chi connectivity index (χ3v) is 3.68. The molecular weight excluding hydrogens is 376 g/mol. The fraction of sp³-hybridized carbons (Fsp3) is 0.0667. The largest absolute Gasteiger partial charge is 0.282 e. The molecule has 1 aromatic carbocycles. The number of hydrogen-bond acceptors (Lipinski definition) is 4. The van der Waals surface area contributed by atoms with Gasteiger partial charge in [0.2, 0.25) is 10.6 Å². The van der Waals surface area contributed by atoms with Crippen LogP contribution in [0.1, 0.15) is 11.3 Å². The predicted octanol–water partition coefficient (Wildman–Crippen LogP) is 3.91. The number of allylic oxidation sites excluding steroid dienone is 1. The number of halogens is 1. The molecular formula is C15H13BrN6S. The molecule has 6 nitrogen and oxygen atoms in total. The SMILES string of the molecule is Cc1cc(-c2n[nH]c(=S)n2/N=C\C(Br)=C/c2ccccc2)n[nH]1. The zero-order valence-electron chi connectivity index (χ0n) is 12.2. The van der Waals surface area contributed by atoms with E-state index in [4.69, 9.17) is 12.2 Å². The first-order valence-electron chi connectivity index (χ1n) is 6.80. The molecule has 8 heteroatoms. The van der Waals surface area contributed by atoms with Gasteiger partial charge in [0, 0.05) is 10.2 Å². The molecule has 2 aromatic heterocycles. The number of H-pyrrole nitrogens is 2. The number of aromatic nitrogens is 5. The Bertz CT molecular complexity index is 919. The van der Waals surface area contributed by atoms with Crippen LogP contribution in [-0.4, -0.2) is 31.3 Å². The maximum atomic E-state index is 5.22. The van der Waals surface area contributed by atoms with Gasteiger partial charge in [-0.1, -0.05) is 30.3 Å². The van der Waals surface area contributed by atoms with Crippen LogP contribution in [0.3, 0.4) is 0 Å². The molecule has 0 amide bonds. The fourth-order valence-electron chi connectivity index (χ4n) is 1.96. The van der Waals surface area contributed by atoms with Gasteiger partial charge in [-0.3, -0.25) is 5.10 Å². The minimum absolute atomic E-state index is 0.400. The molecule has 0 saturated heterocycles. The van der Waals surface area contributed by atoms with E-state index in [1.807, 2.05) is 49.4 Å². The molecule has 0 aliphatic carbocycles. The Morgan fingerprint density at radius 3 is 2.74 bits per heavy atom. The highest BCUT2D eigenvalue weighted by atomic mass is 79.9. The summed E-state index contributed by atoms with van der Waals surface area (Å²) in [5.74, 6) is 0.551. The molecule has 3 rings (SSSR count). The highest BCUT2D eigenvalue weighted by molar-refractivity contribution is 9.12. The molecule has 3 aromatic rings. The van der Waals surface area contributed by atoms with Gasteiger partial charge in [-0.25, -0.2) is 5.10 Å². The predicted molar refractivity (Wildman–Crippen MR) is 97.0 cm³/mol. The van der Waals surface area contributed by atoms with E-state index >= 15 is 0 Å². The standard InChI is InChI=1S/C15H13BrN6S/c1-10-7-13(19-18-10)14-20-21-15(23)22(14)17-9-12(16)8-11-5-3-2-4-6-11/h2-9H,1H3,(H,18,19)(H,21,23)/b12-8+,17-9-. The summed E-state index contributed by atoms with van der Waals surface area (Å²) in [6.07, 6.45) is 3.63. The van der Waals surface area contributed by atoms with Crippen molar-refractivity contribution in [2.45, 2.75) is 6.92 Å². The van der Waals surface area contributed by atoms with Crippen molar-refractivity contribution in [3.8, 4) is 11.5 Å². The first-order chi connectivity index (χ1) is 11.1. The maximum absolute atomic E-state index is 5.22. The molecule has 0 bridgehead atoms. The summed E-state index contributed by atoms with van der Waals surface area (Å²) in [5.41, 5.74) is 2.69. The van der Waals surface area contributed by atoms with E-state index in [0.29, 0.717) is 16.3 Å². The maximum Gasteiger partial charge on any atom is 0.216 e. The van der Waals surface area contributed by atoms with Crippen molar-refractivity contribution in [3.05, 3.63) is 56.9 Å². The zero-order chi connectivity index (χ0) is 16.2. The fourth-order valence-corrected chi connectivity index (χ4v) is 2.49. The zero-order valence-corrected chi connectivity index (χ0v) is 14.6. The van der Waals surface area contributed by atoms with Gasteiger partial charge in [-0.05, 0) is 52.8 Å². The van der Waals surface area contributed by atoms with Crippen LogP contribution in [0.4, 0.5) is 0 Å². The van der Waals surface area contributed by atoms with Crippen molar-refractivity contribution < 1.29 is 0 Å². The van der Waals surface area contributed by atoms with Crippen molar-refractivity contribution in [2.24, 2.45) is 5.10 Å². The molecule has 23 heavy (non-hydrogen) atoms. The number of nitrogens with one attached hydrogen (secondary N) is 2. The van der Waals surface area contributed by atoms with Crippen molar-refractivity contribution in [1.29, 1.82) is 0 Å². The number of benzene rings is 1.